The van der Waals surface area contributed by atoms with E-state index in [1.54, 1.807) is 12.1 Å². The first kappa shape index (κ1) is 14.2. The van der Waals surface area contributed by atoms with E-state index in [-0.39, 0.29) is 11.6 Å². The van der Waals surface area contributed by atoms with Gasteiger partial charge < -0.3 is 5.32 Å². The number of benzene rings is 2. The molecule has 0 radical (unpaired) electrons. The van der Waals surface area contributed by atoms with E-state index in [2.05, 4.69) is 21.2 Å². The summed E-state index contributed by atoms with van der Waals surface area (Å²) in [6, 6.07) is 11.2. The van der Waals surface area contributed by atoms with E-state index in [9.17, 15) is 14.9 Å². The highest BCUT2D eigenvalue weighted by atomic mass is 79.9. The number of hydrogen-bond donors (Lipinski definition) is 1. The number of nitro groups is 1. The molecule has 0 saturated heterocycles. The second kappa shape index (κ2) is 5.83. The Balaban J connectivity index is 2.23. The maximum atomic E-state index is 12.1. The fourth-order valence-electron chi connectivity index (χ4n) is 1.70. The molecule has 0 aromatic heterocycles. The number of non-ortho nitro benzene ring substituents is 1. The number of hydrogen-bond acceptors (Lipinski definition) is 3. The maximum absolute atomic E-state index is 12.1. The summed E-state index contributed by atoms with van der Waals surface area (Å²) in [6.07, 6.45) is 0. The van der Waals surface area contributed by atoms with Gasteiger partial charge in [0.2, 0.25) is 0 Å². The molecule has 102 valence electrons. The van der Waals surface area contributed by atoms with Crippen molar-refractivity contribution in [3.63, 3.8) is 0 Å². The molecule has 2 aromatic rings. The predicted molar refractivity (Wildman–Crippen MR) is 79.9 cm³/mol. The summed E-state index contributed by atoms with van der Waals surface area (Å²) in [5.41, 5.74) is 1.83. The van der Waals surface area contributed by atoms with Crippen LogP contribution in [0.1, 0.15) is 15.9 Å². The average Bonchev–Trinajstić information content (AvgIpc) is 2.38. The van der Waals surface area contributed by atoms with Gasteiger partial charge in [-0.05, 0) is 46.6 Å². The lowest BCUT2D eigenvalue weighted by Gasteiger charge is -2.07. The molecule has 0 atom stereocenters. The zero-order valence-electron chi connectivity index (χ0n) is 10.6. The van der Waals surface area contributed by atoms with Gasteiger partial charge in [0, 0.05) is 22.3 Å². The zero-order chi connectivity index (χ0) is 14.7. The van der Waals surface area contributed by atoms with Crippen molar-refractivity contribution in [3.8, 4) is 0 Å². The number of nitrogens with zero attached hydrogens (tertiary/aromatic N) is 1. The number of nitrogens with one attached hydrogen (secondary N) is 1. The van der Waals surface area contributed by atoms with Gasteiger partial charge >= 0.3 is 0 Å². The van der Waals surface area contributed by atoms with Crippen molar-refractivity contribution in [2.24, 2.45) is 0 Å². The van der Waals surface area contributed by atoms with Crippen LogP contribution in [0.25, 0.3) is 0 Å². The first-order chi connectivity index (χ1) is 9.47. The second-order valence-electron chi connectivity index (χ2n) is 4.24. The standard InChI is InChI=1S/C14H11BrN2O3/c1-9-5-6-12(13(15)7-9)14(18)16-10-3-2-4-11(8-10)17(19)20/h2-8H,1H3,(H,16,18). The highest BCUT2D eigenvalue weighted by molar-refractivity contribution is 9.10. The second-order valence-corrected chi connectivity index (χ2v) is 5.10. The lowest BCUT2D eigenvalue weighted by molar-refractivity contribution is -0.384. The Labute approximate surface area is 123 Å². The molecule has 0 fully saturated rings. The number of amides is 1. The third kappa shape index (κ3) is 3.21. The molecule has 20 heavy (non-hydrogen) atoms. The summed E-state index contributed by atoms with van der Waals surface area (Å²) in [5.74, 6) is -0.322. The number of nitro benzene ring substituents is 1. The Bertz CT molecular complexity index is 686. The van der Waals surface area contributed by atoms with Gasteiger partial charge in [-0.25, -0.2) is 0 Å². The van der Waals surface area contributed by atoms with E-state index in [1.165, 1.54) is 18.2 Å². The number of carbonyl (C=O) groups is 1. The Morgan fingerprint density at radius 2 is 2.00 bits per heavy atom. The quantitative estimate of drug-likeness (QED) is 0.683. The van der Waals surface area contributed by atoms with Crippen LogP contribution in [0, 0.1) is 17.0 Å². The largest absolute Gasteiger partial charge is 0.322 e. The van der Waals surface area contributed by atoms with Gasteiger partial charge in [-0.2, -0.15) is 0 Å². The average molecular weight is 335 g/mol. The Hall–Kier alpha value is -2.21. The van der Waals surface area contributed by atoms with Crippen molar-refractivity contribution < 1.29 is 9.72 Å². The number of aryl methyl sites for hydroxylation is 1. The van der Waals surface area contributed by atoms with Crippen LogP contribution < -0.4 is 5.32 Å². The molecule has 0 spiro atoms. The van der Waals surface area contributed by atoms with E-state index in [4.69, 9.17) is 0 Å². The molecule has 6 heteroatoms. The van der Waals surface area contributed by atoms with Crippen molar-refractivity contribution in [2.45, 2.75) is 6.92 Å². The van der Waals surface area contributed by atoms with Gasteiger partial charge in [0.1, 0.15) is 0 Å². The normalized spacial score (nSPS) is 10.1. The van der Waals surface area contributed by atoms with Gasteiger partial charge in [0.05, 0.1) is 10.5 Å². The van der Waals surface area contributed by atoms with Crippen LogP contribution in [0.2, 0.25) is 0 Å². The molecule has 0 unspecified atom stereocenters. The molecule has 0 saturated carbocycles. The van der Waals surface area contributed by atoms with Crippen molar-refractivity contribution in [1.29, 1.82) is 0 Å². The predicted octanol–water partition coefficient (Wildman–Crippen LogP) is 3.92. The molecule has 1 N–H and O–H groups in total. The number of rotatable bonds is 3. The van der Waals surface area contributed by atoms with Crippen LogP contribution in [-0.2, 0) is 0 Å². The maximum Gasteiger partial charge on any atom is 0.271 e. The topological polar surface area (TPSA) is 72.2 Å². The minimum atomic E-state index is -0.503. The van der Waals surface area contributed by atoms with Crippen molar-refractivity contribution in [3.05, 3.63) is 68.2 Å². The van der Waals surface area contributed by atoms with Crippen LogP contribution in [0.15, 0.2) is 46.9 Å². The summed E-state index contributed by atoms with van der Waals surface area (Å²) in [7, 11) is 0. The fourth-order valence-corrected chi connectivity index (χ4v) is 2.37. The Kier molecular flexibility index (Phi) is 4.14. The summed E-state index contributed by atoms with van der Waals surface area (Å²) >= 11 is 3.33. The molecule has 0 aliphatic rings. The summed E-state index contributed by atoms with van der Waals surface area (Å²) in [6.45, 7) is 1.92. The summed E-state index contributed by atoms with van der Waals surface area (Å²) < 4.78 is 0.681. The first-order valence-electron chi connectivity index (χ1n) is 5.79. The van der Waals surface area contributed by atoms with Crippen molar-refractivity contribution in [2.75, 3.05) is 5.32 Å². The molecule has 2 aromatic carbocycles. The summed E-state index contributed by atoms with van der Waals surface area (Å²) in [4.78, 5) is 22.3. The van der Waals surface area contributed by atoms with Crippen LogP contribution in [0.3, 0.4) is 0 Å². The lowest BCUT2D eigenvalue weighted by Crippen LogP contribution is -2.12. The van der Waals surface area contributed by atoms with Crippen LogP contribution in [0.4, 0.5) is 11.4 Å². The SMILES string of the molecule is Cc1ccc(C(=O)Nc2cccc([N+](=O)[O-])c2)c(Br)c1. The number of halogens is 1. The van der Waals surface area contributed by atoms with Crippen molar-refractivity contribution in [1.82, 2.24) is 0 Å². The molecule has 2 rings (SSSR count). The minimum Gasteiger partial charge on any atom is -0.322 e. The van der Waals surface area contributed by atoms with E-state index < -0.39 is 4.92 Å². The Morgan fingerprint density at radius 3 is 2.65 bits per heavy atom. The van der Waals surface area contributed by atoms with Gasteiger partial charge in [0.25, 0.3) is 11.6 Å². The first-order valence-corrected chi connectivity index (χ1v) is 6.58. The number of anilines is 1. The highest BCUT2D eigenvalue weighted by Gasteiger charge is 2.12. The molecule has 0 aliphatic carbocycles. The molecule has 5 nitrogen and oxygen atoms in total. The summed E-state index contributed by atoms with van der Waals surface area (Å²) in [5, 5.41) is 13.3. The van der Waals surface area contributed by atoms with Crippen LogP contribution in [-0.4, -0.2) is 10.8 Å². The molecule has 0 heterocycles. The van der Waals surface area contributed by atoms with Gasteiger partial charge in [0.15, 0.2) is 0 Å². The van der Waals surface area contributed by atoms with Crippen LogP contribution >= 0.6 is 15.9 Å². The molecule has 0 bridgehead atoms. The van der Waals surface area contributed by atoms with Crippen molar-refractivity contribution >= 4 is 33.2 Å². The lowest BCUT2D eigenvalue weighted by atomic mass is 10.1. The number of carbonyl (C=O) groups excluding carboxylic acids is 1. The van der Waals surface area contributed by atoms with Gasteiger partial charge in [-0.15, -0.1) is 0 Å². The van der Waals surface area contributed by atoms with Gasteiger partial charge in [-0.3, -0.25) is 14.9 Å². The smallest absolute Gasteiger partial charge is 0.271 e. The third-order valence-corrected chi connectivity index (χ3v) is 3.34. The van der Waals surface area contributed by atoms with E-state index in [0.29, 0.717) is 15.7 Å². The fraction of sp³-hybridized carbons (Fsp3) is 0.0714. The molecular weight excluding hydrogens is 324 g/mol. The van der Waals surface area contributed by atoms with Crippen LogP contribution in [0.5, 0.6) is 0 Å². The minimum absolute atomic E-state index is 0.0641. The highest BCUT2D eigenvalue weighted by Crippen LogP contribution is 2.21. The van der Waals surface area contributed by atoms with Gasteiger partial charge in [-0.1, -0.05) is 12.1 Å². The van der Waals surface area contributed by atoms with E-state index in [1.807, 2.05) is 19.1 Å². The zero-order valence-corrected chi connectivity index (χ0v) is 12.2. The molecule has 1 amide bonds. The Morgan fingerprint density at radius 1 is 1.25 bits per heavy atom. The van der Waals surface area contributed by atoms with E-state index >= 15 is 0 Å². The third-order valence-electron chi connectivity index (χ3n) is 2.68. The molecule has 0 aliphatic heterocycles. The van der Waals surface area contributed by atoms with E-state index in [0.717, 1.165) is 5.56 Å². The monoisotopic (exact) mass is 334 g/mol. The molecular formula is C14H11BrN2O3.